The summed E-state index contributed by atoms with van der Waals surface area (Å²) in [5.74, 6) is 1.99. The summed E-state index contributed by atoms with van der Waals surface area (Å²) in [5, 5.41) is 25.7. The maximum absolute atomic E-state index is 12.8. The molecule has 8 aromatic rings. The van der Waals surface area contributed by atoms with Crippen LogP contribution in [0.1, 0.15) is 172 Å². The van der Waals surface area contributed by atoms with Gasteiger partial charge in [0.05, 0.1) is 22.8 Å². The molecule has 0 amide bonds. The Morgan fingerprint density at radius 1 is 0.355 bits per heavy atom. The highest BCUT2D eigenvalue weighted by molar-refractivity contribution is 5.60. The SMILES string of the molecule is Cc1ccc(-c2ccc(COc3c4cc(C(C)(C)C)cc3Cc3cc(C(C)(C)C)cc(c3O)Cc3cc(C(C)(C)C)cc(c3OCc3ccc(-c5ccc(C)cn5)nc3)Cc3cc(C(C)(C)C)cc(c3O)C4)cn2)nc1. The lowest BCUT2D eigenvalue weighted by molar-refractivity contribution is 0.299. The van der Waals surface area contributed by atoms with E-state index in [0.717, 1.165) is 123 Å². The highest BCUT2D eigenvalue weighted by Gasteiger charge is 2.29. The Labute approximate surface area is 451 Å². The number of benzene rings is 4. The summed E-state index contributed by atoms with van der Waals surface area (Å²) in [6.45, 7) is 31.4. The molecule has 8 heteroatoms. The van der Waals surface area contributed by atoms with Crippen molar-refractivity contribution >= 4 is 0 Å². The van der Waals surface area contributed by atoms with E-state index < -0.39 is 0 Å². The molecule has 0 aliphatic heterocycles. The molecule has 0 saturated carbocycles. The van der Waals surface area contributed by atoms with E-state index in [2.05, 4.69) is 154 Å². The van der Waals surface area contributed by atoms with Crippen molar-refractivity contribution in [3.05, 3.63) is 211 Å². The van der Waals surface area contributed by atoms with Gasteiger partial charge in [-0.1, -0.05) is 156 Å². The highest BCUT2D eigenvalue weighted by Crippen LogP contribution is 2.44. The number of pyridine rings is 4. The van der Waals surface area contributed by atoms with E-state index in [0.29, 0.717) is 25.7 Å². The van der Waals surface area contributed by atoms with E-state index in [1.807, 2.05) is 75.0 Å². The molecule has 0 unspecified atom stereocenters. The van der Waals surface area contributed by atoms with Crippen molar-refractivity contribution in [3.8, 4) is 45.8 Å². The molecule has 1 aliphatic carbocycles. The van der Waals surface area contributed by atoms with Crippen molar-refractivity contribution in [2.45, 2.75) is 157 Å². The standard InChI is InChI=1S/C68H76N4O4/c1-41-15-19-57(69-35-41)59-21-17-43(37-71-59)39-75-63-49-23-45-27-53(65(3,4)5)29-47(61(45)73)25-51-33-56(68(12,13)14)34-52(64(51)76-40-44-18-22-60(72-38-44)58-20-16-42(2)36-70-58)26-48-30-54(66(6,7)8)28-46(62(48)74)24-50(63)32-55(31-49)67(9,10)11/h15-22,27-38,73-74H,23-26,39-40H2,1-14H3. The number of phenols is 2. The van der Waals surface area contributed by atoms with Gasteiger partial charge >= 0.3 is 0 Å². The number of fused-ring (bicyclic) bond motifs is 8. The lowest BCUT2D eigenvalue weighted by Crippen LogP contribution is -2.16. The number of nitrogens with zero attached hydrogens (tertiary/aromatic N) is 4. The first-order valence-electron chi connectivity index (χ1n) is 26.8. The van der Waals surface area contributed by atoms with Crippen LogP contribution in [-0.2, 0) is 60.6 Å². The summed E-state index contributed by atoms with van der Waals surface area (Å²) < 4.78 is 14.2. The van der Waals surface area contributed by atoms with E-state index in [-0.39, 0.29) is 46.4 Å². The van der Waals surface area contributed by atoms with Crippen LogP contribution in [0.4, 0.5) is 0 Å². The predicted octanol–water partition coefficient (Wildman–Crippen LogP) is 15.7. The van der Waals surface area contributed by atoms with E-state index in [1.165, 1.54) is 0 Å². The van der Waals surface area contributed by atoms with Gasteiger partial charge in [0.15, 0.2) is 0 Å². The van der Waals surface area contributed by atoms with Crippen LogP contribution in [0.2, 0.25) is 0 Å². The van der Waals surface area contributed by atoms with Crippen LogP contribution in [0.5, 0.6) is 23.0 Å². The van der Waals surface area contributed by atoms with Crippen molar-refractivity contribution in [1.29, 1.82) is 0 Å². The highest BCUT2D eigenvalue weighted by atomic mass is 16.5. The lowest BCUT2D eigenvalue weighted by Gasteiger charge is -2.28. The van der Waals surface area contributed by atoms with Crippen LogP contribution < -0.4 is 9.47 Å². The molecule has 0 saturated heterocycles. The molecule has 4 aromatic carbocycles. The molecule has 8 bridgehead atoms. The van der Waals surface area contributed by atoms with Crippen LogP contribution in [0, 0.1) is 13.8 Å². The number of ether oxygens (including phenoxy) is 2. The smallest absolute Gasteiger partial charge is 0.126 e. The molecule has 8 nitrogen and oxygen atoms in total. The Morgan fingerprint density at radius 3 is 0.829 bits per heavy atom. The zero-order valence-electron chi connectivity index (χ0n) is 47.3. The van der Waals surface area contributed by atoms with Gasteiger partial charge in [-0.15, -0.1) is 0 Å². The van der Waals surface area contributed by atoms with Crippen molar-refractivity contribution in [2.24, 2.45) is 0 Å². The Bertz CT molecular complexity index is 3080. The number of aryl methyl sites for hydroxylation is 2. The number of rotatable bonds is 8. The third kappa shape index (κ3) is 12.0. The van der Waals surface area contributed by atoms with Gasteiger partial charge in [-0.3, -0.25) is 19.9 Å². The van der Waals surface area contributed by atoms with E-state index in [4.69, 9.17) is 19.4 Å². The number of aromatic hydroxyl groups is 2. The minimum Gasteiger partial charge on any atom is -0.507 e. The minimum atomic E-state index is -0.237. The van der Waals surface area contributed by atoms with Crippen molar-refractivity contribution in [1.82, 2.24) is 19.9 Å². The van der Waals surface area contributed by atoms with Crippen LogP contribution in [0.25, 0.3) is 22.8 Å². The fourth-order valence-corrected chi connectivity index (χ4v) is 9.89. The molecule has 0 radical (unpaired) electrons. The van der Waals surface area contributed by atoms with Crippen molar-refractivity contribution in [3.63, 3.8) is 0 Å². The Balaban J connectivity index is 1.23. The fourth-order valence-electron chi connectivity index (χ4n) is 9.89. The van der Waals surface area contributed by atoms with Gasteiger partial charge < -0.3 is 19.7 Å². The second kappa shape index (κ2) is 20.7. The maximum atomic E-state index is 12.8. The average molecular weight is 1010 g/mol. The van der Waals surface area contributed by atoms with E-state index in [1.54, 1.807) is 0 Å². The number of aromatic nitrogens is 4. The van der Waals surface area contributed by atoms with E-state index in [9.17, 15) is 10.2 Å². The Hall–Kier alpha value is -7.32. The van der Waals surface area contributed by atoms with Gasteiger partial charge in [0.25, 0.3) is 0 Å². The summed E-state index contributed by atoms with van der Waals surface area (Å²) in [4.78, 5) is 18.8. The Morgan fingerprint density at radius 2 is 0.605 bits per heavy atom. The lowest BCUT2D eigenvalue weighted by atomic mass is 9.79. The molecule has 9 rings (SSSR count). The fraction of sp³-hybridized carbons (Fsp3) is 0.353. The summed E-state index contributed by atoms with van der Waals surface area (Å²) in [5.41, 5.74) is 17.9. The zero-order chi connectivity index (χ0) is 54.5. The molecule has 4 aromatic heterocycles. The number of hydrogen-bond donors (Lipinski definition) is 2. The topological polar surface area (TPSA) is 110 Å². The third-order valence-corrected chi connectivity index (χ3v) is 14.8. The number of hydrogen-bond acceptors (Lipinski definition) is 8. The van der Waals surface area contributed by atoms with Gasteiger partial charge in [0, 0.05) is 61.6 Å². The summed E-state index contributed by atoms with van der Waals surface area (Å²) in [6, 6.07) is 33.9. The van der Waals surface area contributed by atoms with Gasteiger partial charge in [-0.25, -0.2) is 0 Å². The summed E-state index contributed by atoms with van der Waals surface area (Å²) >= 11 is 0. The normalized spacial score (nSPS) is 13.1. The zero-order valence-corrected chi connectivity index (χ0v) is 47.3. The first-order valence-corrected chi connectivity index (χ1v) is 26.8. The van der Waals surface area contributed by atoms with Gasteiger partial charge in [-0.2, -0.15) is 0 Å². The monoisotopic (exact) mass is 1010 g/mol. The molecule has 0 fully saturated rings. The van der Waals surface area contributed by atoms with Crippen molar-refractivity contribution < 1.29 is 19.7 Å². The van der Waals surface area contributed by atoms with Crippen LogP contribution in [0.15, 0.2) is 122 Å². The summed E-state index contributed by atoms with van der Waals surface area (Å²) in [6.07, 6.45) is 9.06. The molecule has 2 N–H and O–H groups in total. The molecule has 0 spiro atoms. The molecule has 4 heterocycles. The predicted molar refractivity (Wildman–Crippen MR) is 308 cm³/mol. The first-order chi connectivity index (χ1) is 35.8. The van der Waals surface area contributed by atoms with Crippen LogP contribution >= 0.6 is 0 Å². The van der Waals surface area contributed by atoms with Crippen LogP contribution in [-0.4, -0.2) is 30.1 Å². The third-order valence-electron chi connectivity index (χ3n) is 14.8. The molecular weight excluding hydrogens is 937 g/mol. The molecular formula is C68H76N4O4. The number of phenolic OH excluding ortho intramolecular Hbond substituents is 2. The van der Waals surface area contributed by atoms with Gasteiger partial charge in [0.1, 0.15) is 36.2 Å². The average Bonchev–Trinajstić information content (AvgIpc) is 3.35. The van der Waals surface area contributed by atoms with Crippen LogP contribution in [0.3, 0.4) is 0 Å². The largest absolute Gasteiger partial charge is 0.507 e. The van der Waals surface area contributed by atoms with Gasteiger partial charge in [0.2, 0.25) is 0 Å². The molecule has 76 heavy (non-hydrogen) atoms. The first kappa shape index (κ1) is 53.5. The van der Waals surface area contributed by atoms with Crippen molar-refractivity contribution in [2.75, 3.05) is 0 Å². The maximum Gasteiger partial charge on any atom is 0.126 e. The Kier molecular flexibility index (Phi) is 14.5. The quantitative estimate of drug-likeness (QED) is 0.155. The summed E-state index contributed by atoms with van der Waals surface area (Å²) in [7, 11) is 0. The minimum absolute atomic E-state index is 0.228. The molecule has 0 atom stereocenters. The second-order valence-electron chi connectivity index (χ2n) is 25.4. The molecule has 1 aliphatic rings. The molecule has 392 valence electrons. The van der Waals surface area contributed by atoms with E-state index >= 15 is 0 Å². The van der Waals surface area contributed by atoms with Gasteiger partial charge in [-0.05, 0) is 138 Å². The second-order valence-corrected chi connectivity index (χ2v) is 25.4.